The van der Waals surface area contributed by atoms with Gasteiger partial charge in [-0.15, -0.1) is 0 Å². The summed E-state index contributed by atoms with van der Waals surface area (Å²) in [6.45, 7) is 1.93. The van der Waals surface area contributed by atoms with Gasteiger partial charge in [0.15, 0.2) is 5.43 Å². The highest BCUT2D eigenvalue weighted by Crippen LogP contribution is 2.41. The minimum atomic E-state index is -0.713. The van der Waals surface area contributed by atoms with Crippen LogP contribution in [0.3, 0.4) is 0 Å². The summed E-state index contributed by atoms with van der Waals surface area (Å²) in [5.74, 6) is -0.989. The van der Waals surface area contributed by atoms with E-state index in [2.05, 4.69) is 0 Å². The summed E-state index contributed by atoms with van der Waals surface area (Å²) in [5, 5.41) is 0.643. The first kappa shape index (κ1) is 18.6. The Morgan fingerprint density at radius 3 is 2.50 bits per heavy atom. The largest absolute Gasteiger partial charge is 0.450 e. The van der Waals surface area contributed by atoms with Crippen molar-refractivity contribution in [3.05, 3.63) is 110 Å². The standard InChI is InChI=1S/C24H15ClFNO3/c1-13-3-2-4-17(11-13)27-21(14-5-7-15(25)8-6-14)20-22(28)18-12-16(26)9-10-19(18)30-23(20)24(27)29/h2-12,21H,1H3. The number of carbonyl (C=O) groups is 1. The highest BCUT2D eigenvalue weighted by atomic mass is 35.5. The van der Waals surface area contributed by atoms with Crippen molar-refractivity contribution < 1.29 is 13.6 Å². The first-order valence-electron chi connectivity index (χ1n) is 9.36. The van der Waals surface area contributed by atoms with Crippen molar-refractivity contribution in [2.75, 3.05) is 4.90 Å². The van der Waals surface area contributed by atoms with Crippen LogP contribution in [-0.2, 0) is 0 Å². The zero-order valence-electron chi connectivity index (χ0n) is 15.9. The van der Waals surface area contributed by atoms with Crippen LogP contribution in [0.2, 0.25) is 5.02 Å². The molecule has 1 aromatic heterocycles. The second kappa shape index (κ2) is 6.82. The summed E-state index contributed by atoms with van der Waals surface area (Å²) >= 11 is 6.05. The summed E-state index contributed by atoms with van der Waals surface area (Å²) < 4.78 is 19.6. The van der Waals surface area contributed by atoms with Gasteiger partial charge in [0, 0.05) is 10.7 Å². The molecule has 6 heteroatoms. The van der Waals surface area contributed by atoms with Crippen molar-refractivity contribution >= 4 is 34.2 Å². The van der Waals surface area contributed by atoms with E-state index in [-0.39, 0.29) is 22.3 Å². The molecule has 0 radical (unpaired) electrons. The minimum absolute atomic E-state index is 0.0273. The number of hydrogen-bond acceptors (Lipinski definition) is 3. The molecule has 4 nitrogen and oxygen atoms in total. The number of benzene rings is 3. The van der Waals surface area contributed by atoms with Crippen LogP contribution >= 0.6 is 11.6 Å². The van der Waals surface area contributed by atoms with E-state index in [1.54, 1.807) is 29.2 Å². The summed E-state index contributed by atoms with van der Waals surface area (Å²) in [7, 11) is 0. The lowest BCUT2D eigenvalue weighted by Crippen LogP contribution is -2.29. The molecular formula is C24H15ClFNO3. The predicted molar refractivity (Wildman–Crippen MR) is 114 cm³/mol. The van der Waals surface area contributed by atoms with Crippen molar-refractivity contribution in [3.63, 3.8) is 0 Å². The molecule has 30 heavy (non-hydrogen) atoms. The summed E-state index contributed by atoms with van der Waals surface area (Å²) in [5.41, 5.74) is 2.26. The van der Waals surface area contributed by atoms with Crippen LogP contribution in [0.1, 0.15) is 33.3 Å². The molecular weight excluding hydrogens is 405 g/mol. The molecule has 0 bridgehead atoms. The van der Waals surface area contributed by atoms with Crippen molar-refractivity contribution in [1.29, 1.82) is 0 Å². The van der Waals surface area contributed by atoms with Crippen LogP contribution < -0.4 is 10.3 Å². The smallest absolute Gasteiger partial charge is 0.295 e. The topological polar surface area (TPSA) is 50.5 Å². The van der Waals surface area contributed by atoms with Crippen LogP contribution in [0.15, 0.2) is 75.9 Å². The summed E-state index contributed by atoms with van der Waals surface area (Å²) in [6.07, 6.45) is 0. The van der Waals surface area contributed by atoms with Gasteiger partial charge >= 0.3 is 0 Å². The maximum absolute atomic E-state index is 13.8. The maximum atomic E-state index is 13.8. The van der Waals surface area contributed by atoms with Gasteiger partial charge in [0.05, 0.1) is 17.0 Å². The highest BCUT2D eigenvalue weighted by molar-refractivity contribution is 6.30. The molecule has 1 atom stereocenters. The Balaban J connectivity index is 1.83. The summed E-state index contributed by atoms with van der Waals surface area (Å²) in [4.78, 5) is 28.3. The third-order valence-electron chi connectivity index (χ3n) is 5.30. The molecule has 0 saturated heterocycles. The number of halogens is 2. The van der Waals surface area contributed by atoms with Gasteiger partial charge in [-0.3, -0.25) is 14.5 Å². The molecule has 0 N–H and O–H groups in total. The quantitative estimate of drug-likeness (QED) is 0.422. The lowest BCUT2D eigenvalue weighted by atomic mass is 9.98. The Morgan fingerprint density at radius 2 is 1.77 bits per heavy atom. The normalized spacial score (nSPS) is 15.6. The van der Waals surface area contributed by atoms with E-state index in [1.807, 2.05) is 31.2 Å². The Kier molecular flexibility index (Phi) is 4.22. The van der Waals surface area contributed by atoms with Crippen LogP contribution in [0.4, 0.5) is 10.1 Å². The lowest BCUT2D eigenvalue weighted by Gasteiger charge is -2.25. The molecule has 5 rings (SSSR count). The van der Waals surface area contributed by atoms with E-state index in [4.69, 9.17) is 16.0 Å². The minimum Gasteiger partial charge on any atom is -0.450 e. The lowest BCUT2D eigenvalue weighted by molar-refractivity contribution is 0.0971. The van der Waals surface area contributed by atoms with Gasteiger partial charge < -0.3 is 4.42 Å². The van der Waals surface area contributed by atoms with Gasteiger partial charge in [-0.05, 0) is 60.5 Å². The molecule has 0 aliphatic carbocycles. The molecule has 1 unspecified atom stereocenters. The molecule has 0 fully saturated rings. The van der Waals surface area contributed by atoms with Crippen molar-refractivity contribution in [2.45, 2.75) is 13.0 Å². The molecule has 1 aliphatic heterocycles. The number of anilines is 1. The third-order valence-corrected chi connectivity index (χ3v) is 5.55. The first-order chi connectivity index (χ1) is 14.4. The highest BCUT2D eigenvalue weighted by Gasteiger charge is 2.43. The number of rotatable bonds is 2. The third kappa shape index (κ3) is 2.82. The van der Waals surface area contributed by atoms with Gasteiger partial charge in [-0.1, -0.05) is 35.9 Å². The van der Waals surface area contributed by atoms with Crippen LogP contribution in [0.25, 0.3) is 11.0 Å². The molecule has 148 valence electrons. The van der Waals surface area contributed by atoms with E-state index in [0.29, 0.717) is 16.3 Å². The molecule has 0 saturated carbocycles. The van der Waals surface area contributed by atoms with E-state index in [9.17, 15) is 14.0 Å². The average molecular weight is 420 g/mol. The number of carbonyl (C=O) groups excluding carboxylic acids is 1. The van der Waals surface area contributed by atoms with E-state index >= 15 is 0 Å². The number of nitrogens with zero attached hydrogens (tertiary/aromatic N) is 1. The van der Waals surface area contributed by atoms with E-state index < -0.39 is 23.2 Å². The van der Waals surface area contributed by atoms with E-state index in [0.717, 1.165) is 11.6 Å². The Hall–Kier alpha value is -3.44. The zero-order chi connectivity index (χ0) is 21.0. The van der Waals surface area contributed by atoms with Gasteiger partial charge in [0.25, 0.3) is 5.91 Å². The van der Waals surface area contributed by atoms with Gasteiger partial charge in [0.1, 0.15) is 11.4 Å². The fourth-order valence-corrected chi connectivity index (χ4v) is 4.08. The Labute approximate surface area is 176 Å². The molecule has 2 heterocycles. The van der Waals surface area contributed by atoms with Crippen molar-refractivity contribution in [2.24, 2.45) is 0 Å². The number of amides is 1. The number of hydrogen-bond donors (Lipinski definition) is 0. The predicted octanol–water partition coefficient (Wildman–Crippen LogP) is 5.64. The second-order valence-electron chi connectivity index (χ2n) is 7.28. The molecule has 4 aromatic rings. The molecule has 3 aromatic carbocycles. The summed E-state index contributed by atoms with van der Waals surface area (Å²) in [6, 6.07) is 17.4. The van der Waals surface area contributed by atoms with Gasteiger partial charge in [-0.2, -0.15) is 0 Å². The monoisotopic (exact) mass is 419 g/mol. The fraction of sp³-hybridized carbons (Fsp3) is 0.0833. The Bertz CT molecular complexity index is 1380. The van der Waals surface area contributed by atoms with Crippen molar-refractivity contribution in [3.8, 4) is 0 Å². The Morgan fingerprint density at radius 1 is 1.00 bits per heavy atom. The zero-order valence-corrected chi connectivity index (χ0v) is 16.6. The first-order valence-corrected chi connectivity index (χ1v) is 9.74. The fourth-order valence-electron chi connectivity index (χ4n) is 3.95. The van der Waals surface area contributed by atoms with E-state index in [1.165, 1.54) is 12.1 Å². The molecule has 0 spiro atoms. The second-order valence-corrected chi connectivity index (χ2v) is 7.72. The van der Waals surface area contributed by atoms with Crippen LogP contribution in [0.5, 0.6) is 0 Å². The molecule has 1 aliphatic rings. The maximum Gasteiger partial charge on any atom is 0.295 e. The number of fused-ring (bicyclic) bond motifs is 2. The average Bonchev–Trinajstić information content (AvgIpc) is 3.02. The number of aryl methyl sites for hydroxylation is 1. The van der Waals surface area contributed by atoms with Gasteiger partial charge in [-0.25, -0.2) is 4.39 Å². The molecule has 1 amide bonds. The van der Waals surface area contributed by atoms with Crippen LogP contribution in [0, 0.1) is 12.7 Å². The van der Waals surface area contributed by atoms with Crippen molar-refractivity contribution in [1.82, 2.24) is 0 Å². The SMILES string of the molecule is Cc1cccc(N2C(=O)c3oc4ccc(F)cc4c(=O)c3C2c2ccc(Cl)cc2)c1. The van der Waals surface area contributed by atoms with Gasteiger partial charge in [0.2, 0.25) is 5.76 Å². The van der Waals surface area contributed by atoms with Crippen LogP contribution in [-0.4, -0.2) is 5.91 Å².